The number of nitrogens with one attached hydrogen (secondary N) is 6. The third kappa shape index (κ3) is 24.5. The fraction of sp³-hybridized carbons (Fsp3) is 0.571. The highest BCUT2D eigenvalue weighted by Crippen LogP contribution is 2.53. The van der Waals surface area contributed by atoms with Crippen LogP contribution in [0.25, 0.3) is 0 Å². The van der Waals surface area contributed by atoms with Gasteiger partial charge in [-0.2, -0.15) is 13.1 Å². The maximum Gasteiger partial charge on any atom is 0.421 e. The van der Waals surface area contributed by atoms with Crippen LogP contribution in [0.15, 0.2) is 85.0 Å². The largest absolute Gasteiger partial charge is 0.493 e. The molecule has 1 saturated carbocycles. The summed E-state index contributed by atoms with van der Waals surface area (Å²) in [6.07, 6.45) is 2.60. The van der Waals surface area contributed by atoms with Crippen LogP contribution in [0.3, 0.4) is 0 Å². The van der Waals surface area contributed by atoms with E-state index < -0.39 is 101 Å². The molecule has 6 aliphatic rings. The molecule has 37 heteroatoms. The lowest BCUT2D eigenvalue weighted by molar-refractivity contribution is -0.128. The molecule has 4 heterocycles. The number of anilines is 3. The Hall–Kier alpha value is -9.08. The van der Waals surface area contributed by atoms with E-state index in [4.69, 9.17) is 52.1 Å². The van der Waals surface area contributed by atoms with Gasteiger partial charge in [-0.25, -0.2) is 33.7 Å². The predicted molar refractivity (Wildman–Crippen MR) is 422 cm³/mol. The van der Waals surface area contributed by atoms with Crippen LogP contribution in [0.4, 0.5) is 36.2 Å². The summed E-state index contributed by atoms with van der Waals surface area (Å²) >= 11 is 0. The fourth-order valence-corrected chi connectivity index (χ4v) is 16.9. The molecule has 0 aromatic heterocycles. The molecule has 0 radical (unpaired) electrons. The van der Waals surface area contributed by atoms with E-state index in [0.717, 1.165) is 35.5 Å². The van der Waals surface area contributed by atoms with Crippen molar-refractivity contribution in [2.45, 2.75) is 140 Å². The zero-order valence-corrected chi connectivity index (χ0v) is 68.0. The summed E-state index contributed by atoms with van der Waals surface area (Å²) in [4.78, 5) is 127. The number of allylic oxidation sites excluding steroid dienone is 2. The average Bonchev–Trinajstić information content (AvgIpc) is 1.59. The van der Waals surface area contributed by atoms with Crippen molar-refractivity contribution >= 4 is 103 Å². The van der Waals surface area contributed by atoms with Crippen molar-refractivity contribution in [2.24, 2.45) is 23.7 Å². The molecule has 626 valence electrons. The Morgan fingerprint density at radius 2 is 1.21 bits per heavy atom. The lowest BCUT2D eigenvalue weighted by Crippen LogP contribution is -2.53. The van der Waals surface area contributed by atoms with Crippen molar-refractivity contribution in [2.75, 3.05) is 134 Å². The molecule has 8 N–H and O–H groups in total. The molecular formula is C77H106N10O24S3. The van der Waals surface area contributed by atoms with E-state index in [2.05, 4.69) is 51.3 Å². The Bertz CT molecular complexity index is 4060. The number of aliphatic hydroxyl groups is 2. The number of carbonyl (C=O) groups is 9. The number of fused-ring (bicyclic) bond motifs is 5. The molecule has 9 atom stereocenters. The molecule has 114 heavy (non-hydrogen) atoms. The smallest absolute Gasteiger partial charge is 0.421 e. The highest BCUT2D eigenvalue weighted by Gasteiger charge is 2.51. The molecule has 0 spiro atoms. The number of rotatable bonds is 40. The van der Waals surface area contributed by atoms with Gasteiger partial charge in [-0.3, -0.25) is 24.0 Å². The van der Waals surface area contributed by atoms with Gasteiger partial charge in [0.25, 0.3) is 11.8 Å². The topological polar surface area (TPSA) is 415 Å². The second-order valence-corrected chi connectivity index (χ2v) is 33.7. The lowest BCUT2D eigenvalue weighted by atomic mass is 10.0. The Balaban J connectivity index is 0.742. The van der Waals surface area contributed by atoms with E-state index in [-0.39, 0.29) is 154 Å². The minimum atomic E-state index is -4.24. The maximum absolute atomic E-state index is 14.4. The van der Waals surface area contributed by atoms with Crippen LogP contribution in [0, 0.1) is 23.7 Å². The Kier molecular flexibility index (Phi) is 32.7. The first-order valence-electron chi connectivity index (χ1n) is 37.9. The fourth-order valence-electron chi connectivity index (χ4n) is 13.8. The highest BCUT2D eigenvalue weighted by molar-refractivity contribution is 8.77. The van der Waals surface area contributed by atoms with Crippen molar-refractivity contribution in [3.05, 3.63) is 102 Å². The molecule has 9 rings (SSSR count). The predicted octanol–water partition coefficient (Wildman–Crippen LogP) is 7.33. The van der Waals surface area contributed by atoms with Gasteiger partial charge in [0.2, 0.25) is 17.7 Å². The number of hydrogen-bond acceptors (Lipinski definition) is 26. The molecule has 2 saturated heterocycles. The van der Waals surface area contributed by atoms with Crippen molar-refractivity contribution in [1.82, 2.24) is 35.2 Å². The van der Waals surface area contributed by atoms with Gasteiger partial charge in [0.15, 0.2) is 35.5 Å². The lowest BCUT2D eigenvalue weighted by Gasteiger charge is -2.31. The van der Waals surface area contributed by atoms with Crippen LogP contribution in [0.5, 0.6) is 23.0 Å². The second kappa shape index (κ2) is 42.0. The molecule has 2 aliphatic carbocycles. The van der Waals surface area contributed by atoms with E-state index in [1.807, 2.05) is 18.6 Å². The highest BCUT2D eigenvalue weighted by atomic mass is 33.1. The summed E-state index contributed by atoms with van der Waals surface area (Å²) in [5, 5.41) is 34.7. The van der Waals surface area contributed by atoms with Crippen molar-refractivity contribution in [3.8, 4) is 23.0 Å². The summed E-state index contributed by atoms with van der Waals surface area (Å²) < 4.78 is 90.2. The van der Waals surface area contributed by atoms with Crippen LogP contribution < -0.4 is 59.5 Å². The number of alkyl carbamates (subject to hydrolysis) is 1. The minimum absolute atomic E-state index is 0.00905. The SMILES string of the molecule is C=C1CC2[C@H](O)N(C(=O)OCCSSC(C)(C)CCC(=O)NCCOCCOC)c3cc(OCCCOc4cc5c(cc4OC)C(=O)N4CC(=C)C[C@H]4[C@H](O)N5C(=O)OCc4ccc(NC(=O)[C@H](C)NC(=O)[C@@H](NC(=O)OCCOCCNS(=O)(=O)NC(=O)OCC5[C@H]6CC/C=C\CC[C@@H]56)C(C)C)cc4)c(OC)cc3C(=O)N2C1. The summed E-state index contributed by atoms with van der Waals surface area (Å²) in [5.41, 5.74) is 2.10. The van der Waals surface area contributed by atoms with Gasteiger partial charge in [-0.1, -0.05) is 84.0 Å². The third-order valence-electron chi connectivity index (χ3n) is 19.9. The number of carbonyl (C=O) groups excluding carboxylic acids is 9. The number of nitrogens with zero attached hydrogens (tertiary/aromatic N) is 4. The minimum Gasteiger partial charge on any atom is -0.493 e. The molecule has 3 aromatic rings. The molecule has 9 amide bonds. The van der Waals surface area contributed by atoms with Crippen molar-refractivity contribution < 1.29 is 114 Å². The number of hydrogen-bond donors (Lipinski definition) is 8. The van der Waals surface area contributed by atoms with Crippen molar-refractivity contribution in [1.29, 1.82) is 0 Å². The van der Waals surface area contributed by atoms with E-state index in [1.54, 1.807) is 43.9 Å². The number of ether oxygens (including phenoxy) is 11. The first-order chi connectivity index (χ1) is 54.5. The molecule has 3 fully saturated rings. The standard InChI is InChI=1S/C77H106N10O24S3/c1-46(2)66(82-73(95)108-33-32-105-29-25-79-114(99,100)83-74(96)110-45-56-52-16-13-11-12-14-17-53(52)56)68(90)80-49(5)67(89)81-51-20-18-50(19-21-51)44-111-76(98)87-58-41-64(62(103-10)39-55(58)70(92)85-43-48(4)37-60(85)72(87)94)107-27-15-26-106-63-40-57-54(38-61(63)102-9)69(91)84-42-47(3)36-59(84)71(93)86(57)75(97)109-34-35-112-113-77(6,7)23-22-65(88)78-24-28-104-31-30-101-8/h11-12,18-21,38-41,46,49,52-53,56,59-60,66,71-72,79,93-94H,3-4,13-17,22-37,42-45H2,1-2,5-10H3,(H,78,88)(H,80,90)(H,81,89)(H,82,95)(H,83,96)/b12-11-/t49-,52-,53+,56?,59?,60-,66-,71-,72-/m0/s1. The molecule has 4 aliphatic heterocycles. The van der Waals surface area contributed by atoms with Crippen LogP contribution in [-0.4, -0.2) is 243 Å². The first-order valence-corrected chi connectivity index (χ1v) is 41.7. The molecule has 2 unspecified atom stereocenters. The summed E-state index contributed by atoms with van der Waals surface area (Å²) in [7, 11) is 3.12. The van der Waals surface area contributed by atoms with Gasteiger partial charge in [0, 0.05) is 74.5 Å². The van der Waals surface area contributed by atoms with Gasteiger partial charge in [0.1, 0.15) is 31.9 Å². The summed E-state index contributed by atoms with van der Waals surface area (Å²) in [5.74, 6) is -0.863. The van der Waals surface area contributed by atoms with Gasteiger partial charge in [-0.15, -0.1) is 0 Å². The number of benzene rings is 3. The summed E-state index contributed by atoms with van der Waals surface area (Å²) in [6, 6.07) is 7.90. The first kappa shape index (κ1) is 88.9. The van der Waals surface area contributed by atoms with Gasteiger partial charge >= 0.3 is 34.6 Å². The number of aliphatic hydroxyl groups excluding tert-OH is 2. The van der Waals surface area contributed by atoms with Crippen LogP contribution in [0.1, 0.15) is 119 Å². The normalized spacial score (nSPS) is 20.5. The van der Waals surface area contributed by atoms with Crippen molar-refractivity contribution in [3.63, 3.8) is 0 Å². The zero-order valence-electron chi connectivity index (χ0n) is 65.5. The van der Waals surface area contributed by atoms with E-state index in [9.17, 15) is 61.8 Å². The average molecular weight is 1650 g/mol. The Labute approximate surface area is 671 Å². The van der Waals surface area contributed by atoms with Gasteiger partial charge in [-0.05, 0) is 119 Å². The monoisotopic (exact) mass is 1650 g/mol. The zero-order chi connectivity index (χ0) is 82.4. The maximum atomic E-state index is 14.4. The number of amides is 9. The molecule has 34 nitrogen and oxygen atoms in total. The van der Waals surface area contributed by atoms with Crippen LogP contribution in [-0.2, 0) is 64.4 Å². The quantitative estimate of drug-likeness (QED) is 0.0119. The van der Waals surface area contributed by atoms with E-state index in [1.165, 1.54) is 78.1 Å². The van der Waals surface area contributed by atoms with Crippen LogP contribution in [0.2, 0.25) is 0 Å². The van der Waals surface area contributed by atoms with E-state index >= 15 is 0 Å². The number of methoxy groups -OCH3 is 3. The summed E-state index contributed by atoms with van der Waals surface area (Å²) in [6.45, 7) is 17.8. The van der Waals surface area contributed by atoms with Gasteiger partial charge < -0.3 is 93.4 Å². The Morgan fingerprint density at radius 3 is 1.77 bits per heavy atom. The Morgan fingerprint density at radius 1 is 0.649 bits per heavy atom. The molecule has 3 aromatic carbocycles. The third-order valence-corrected chi connectivity index (χ3v) is 24.2. The van der Waals surface area contributed by atoms with E-state index in [0.29, 0.717) is 79.2 Å². The second-order valence-electron chi connectivity index (χ2n) is 29.1. The molecular weight excluding hydrogens is 1550 g/mol. The molecule has 0 bridgehead atoms. The van der Waals surface area contributed by atoms with Crippen LogP contribution >= 0.6 is 21.6 Å². The van der Waals surface area contributed by atoms with Gasteiger partial charge in [0.05, 0.1) is 102 Å².